The Balaban J connectivity index is 1.39. The predicted molar refractivity (Wildman–Crippen MR) is 392 cm³/mol. The van der Waals surface area contributed by atoms with E-state index in [2.05, 4.69) is 73.6 Å². The fraction of sp³-hybridized carbons (Fsp3) is 0.677. The molecule has 25 N–H and O–H groups in total. The third-order valence-electron chi connectivity index (χ3n) is 18.0. The maximum atomic E-state index is 14.3. The predicted octanol–water partition coefficient (Wildman–Crippen LogP) is -8.12. The van der Waals surface area contributed by atoms with Gasteiger partial charge in [-0.25, -0.2) is 9.36 Å². The van der Waals surface area contributed by atoms with Gasteiger partial charge in [0.25, 0.3) is 0 Å². The number of phenolic OH excluding ortho intramolecular Hbond substituents is 1. The molecule has 0 bridgehead atoms. The van der Waals surface area contributed by atoms with Crippen LogP contribution in [0.1, 0.15) is 104 Å². The molecule has 4 rings (SSSR count). The van der Waals surface area contributed by atoms with Crippen molar-refractivity contribution >= 4 is 120 Å². The number of nitrogens with two attached hydrogens (primary N) is 2. The van der Waals surface area contributed by atoms with Gasteiger partial charge in [0.2, 0.25) is 82.7 Å². The number of nitrogens with zero attached hydrogens (tertiary/aromatic N) is 1. The van der Waals surface area contributed by atoms with Gasteiger partial charge in [-0.3, -0.25) is 71.6 Å². The van der Waals surface area contributed by atoms with Crippen LogP contribution in [0.3, 0.4) is 0 Å². The summed E-state index contributed by atoms with van der Waals surface area (Å²) in [6.07, 6.45) is 5.00. The normalized spacial score (nSPS) is 18.9. The van der Waals surface area contributed by atoms with Crippen LogP contribution < -0.4 is 85.9 Å². The number of aliphatic hydroxyl groups excluding tert-OH is 4. The zero-order valence-electron chi connectivity index (χ0n) is 61.2. The Labute approximate surface area is 637 Å². The Morgan fingerprint density at radius 3 is 1.69 bits per heavy atom. The number of likely N-dealkylation sites (tertiary alicyclic amines) is 1. The second kappa shape index (κ2) is 46.9. The number of rotatable bonds is 49. The standard InChI is InChI=1S/C65H106N17O24PS2/c1-6-34(4)52(79-50(90)26-69-49(89)25-68-48(88)15-8-7-14-47-53-45(32-109-47)78-65(102)81-53)63(100)72-39(24-35-16-18-36(87)19-17-35)56(93)73-40(27-83)58(95)74-41(28-84)59(96)75-42(29-85)60(97)77-44(31-106-107(103,104)105)64(101)82-22-11-13-46(82)61(98)80-51(33(2)3)62(99)76-43(30-86)57(94)71-38(20-23-108-5)55(92)70-37(54(67)91)12-9-10-21-66/h16-19,33-34,37-47,51-53,83-87H,6-15,20-32,66H2,1-5H3,(H2,67,91)(H,68,88)(H,69,89)(H,70,92)(H,71,94)(H,72,100)(H,73,93)(H,74,95)(H,75,96)(H,76,99)(H,77,97)(H,79,90)(H,80,98)(H2,78,81,102)(H2,103,104,105)/t34-,37-,38-,39-,40-,41-,42-,43-,44-,45-,46-,47-,51-,52-,53-/m0/s1. The van der Waals surface area contributed by atoms with Crippen LogP contribution in [0.15, 0.2) is 24.3 Å². The average Bonchev–Trinajstić information content (AvgIpc) is 1.67. The SMILES string of the molecule is CC[C@H](C)[C@H](NC(=O)CNC(=O)CNC(=O)CCCC[C@@H]1SC[C@@H]2NC(=O)N[C@@H]21)C(=O)N[C@@H](Cc1ccc(O)cc1)C(=O)N[C@@H](CO)C(=O)N[C@@H](CO)C(=O)N[C@@H](CO)C(=O)N[C@@H](COP(=O)(O)O)C(=O)N1CCC[C@H]1C(=O)N[C@H](C(=O)N[C@@H](CO)C(=O)N[C@@H](CCSC)C(=O)N[C@@H](CCCCN)C(N)=O)C(C)C. The van der Waals surface area contributed by atoms with Crippen molar-refractivity contribution in [2.75, 3.05) is 77.0 Å². The van der Waals surface area contributed by atoms with E-state index >= 15 is 0 Å². The van der Waals surface area contributed by atoms with Gasteiger partial charge in [0.05, 0.1) is 58.2 Å². The second-order valence-corrected chi connectivity index (χ2v) is 30.1. The third kappa shape index (κ3) is 31.1. The van der Waals surface area contributed by atoms with Crippen molar-refractivity contribution in [3.8, 4) is 5.75 Å². The van der Waals surface area contributed by atoms with Crippen molar-refractivity contribution < 1.29 is 116 Å². The number of phosphoric acid groups is 1. The van der Waals surface area contributed by atoms with Gasteiger partial charge >= 0.3 is 13.9 Å². The number of fused-ring (bicyclic) bond motifs is 1. The number of primary amides is 1. The number of nitrogens with one attached hydrogen (secondary N) is 14. The molecule has 15 atom stereocenters. The highest BCUT2D eigenvalue weighted by molar-refractivity contribution is 8.00. The van der Waals surface area contributed by atoms with E-state index in [1.165, 1.54) is 49.9 Å². The molecule has 3 aliphatic heterocycles. The first-order valence-electron chi connectivity index (χ1n) is 35.6. The number of aromatic hydroxyl groups is 1. The molecule has 1 aromatic carbocycles. The van der Waals surface area contributed by atoms with Gasteiger partial charge in [-0.1, -0.05) is 52.7 Å². The summed E-state index contributed by atoms with van der Waals surface area (Å²) >= 11 is 3.08. The first-order valence-corrected chi connectivity index (χ1v) is 39.5. The molecule has 0 unspecified atom stereocenters. The molecule has 0 radical (unpaired) electrons. The van der Waals surface area contributed by atoms with E-state index in [0.717, 1.165) is 17.1 Å². The average molecular weight is 1600 g/mol. The Hall–Kier alpha value is -8.52. The van der Waals surface area contributed by atoms with E-state index in [9.17, 15) is 112 Å². The number of phosphoric ester groups is 1. The molecule has 44 heteroatoms. The molecular weight excluding hydrogens is 1500 g/mol. The zero-order chi connectivity index (χ0) is 81.2. The third-order valence-corrected chi connectivity index (χ3v) is 20.7. The number of benzene rings is 1. The van der Waals surface area contributed by atoms with E-state index in [-0.39, 0.29) is 80.6 Å². The Morgan fingerprint density at radius 1 is 0.633 bits per heavy atom. The van der Waals surface area contributed by atoms with Crippen LogP contribution in [0.4, 0.5) is 4.79 Å². The van der Waals surface area contributed by atoms with Crippen molar-refractivity contribution in [2.24, 2.45) is 23.3 Å². The smallest absolute Gasteiger partial charge is 0.469 e. The van der Waals surface area contributed by atoms with Crippen LogP contribution in [0.2, 0.25) is 0 Å². The maximum Gasteiger partial charge on any atom is 0.469 e. The monoisotopic (exact) mass is 1600 g/mol. The number of aliphatic hydroxyl groups is 4. The van der Waals surface area contributed by atoms with Crippen LogP contribution in [0.25, 0.3) is 0 Å². The molecule has 0 spiro atoms. The van der Waals surface area contributed by atoms with Crippen LogP contribution in [-0.4, -0.2) is 290 Å². The van der Waals surface area contributed by atoms with Crippen LogP contribution >= 0.6 is 31.3 Å². The van der Waals surface area contributed by atoms with Crippen molar-refractivity contribution in [3.05, 3.63) is 29.8 Å². The highest BCUT2D eigenvalue weighted by atomic mass is 32.2. The lowest BCUT2D eigenvalue weighted by Gasteiger charge is -2.31. The Bertz CT molecular complexity index is 3350. The van der Waals surface area contributed by atoms with Gasteiger partial charge in [-0.05, 0) is 99.5 Å². The molecule has 3 aliphatic rings. The first kappa shape index (κ1) is 92.9. The van der Waals surface area contributed by atoms with Crippen LogP contribution in [0.5, 0.6) is 5.75 Å². The summed E-state index contributed by atoms with van der Waals surface area (Å²) in [4.78, 5) is 221. The molecule has 0 aromatic heterocycles. The number of unbranched alkanes of at least 4 members (excludes halogenated alkanes) is 2. The van der Waals surface area contributed by atoms with Crippen molar-refractivity contribution in [2.45, 2.75) is 189 Å². The molecule has 109 heavy (non-hydrogen) atoms. The minimum atomic E-state index is -5.46. The Morgan fingerprint density at radius 2 is 1.15 bits per heavy atom. The number of carbonyl (C=O) groups is 15. The zero-order valence-corrected chi connectivity index (χ0v) is 63.8. The summed E-state index contributed by atoms with van der Waals surface area (Å²) in [6, 6.07) is -13.1. The summed E-state index contributed by atoms with van der Waals surface area (Å²) in [7, 11) is -5.46. The fourth-order valence-electron chi connectivity index (χ4n) is 11.6. The lowest BCUT2D eigenvalue weighted by atomic mass is 9.97. The number of thioether (sulfide) groups is 2. The molecule has 3 fully saturated rings. The molecular formula is C65H106N17O24PS2. The number of phenols is 1. The van der Waals surface area contributed by atoms with Crippen molar-refractivity contribution in [1.29, 1.82) is 0 Å². The van der Waals surface area contributed by atoms with Gasteiger partial charge in [0.15, 0.2) is 0 Å². The summed E-state index contributed by atoms with van der Waals surface area (Å²) in [5.74, 6) is -14.5. The molecule has 1 aromatic rings. The molecule has 41 nitrogen and oxygen atoms in total. The van der Waals surface area contributed by atoms with Crippen molar-refractivity contribution in [1.82, 2.24) is 79.3 Å². The molecule has 16 amide bonds. The van der Waals surface area contributed by atoms with E-state index in [1.54, 1.807) is 31.9 Å². The highest BCUT2D eigenvalue weighted by Gasteiger charge is 2.44. The summed E-state index contributed by atoms with van der Waals surface area (Å²) in [5, 5.41) is 85.6. The van der Waals surface area contributed by atoms with Crippen molar-refractivity contribution in [3.63, 3.8) is 0 Å². The molecule has 0 saturated carbocycles. The van der Waals surface area contributed by atoms with E-state index in [4.69, 9.17) is 11.5 Å². The topological polar surface area (TPSA) is 648 Å². The number of hydrogen-bond acceptors (Lipinski definition) is 25. The van der Waals surface area contributed by atoms with Crippen LogP contribution in [0, 0.1) is 11.8 Å². The van der Waals surface area contributed by atoms with Crippen LogP contribution in [-0.2, 0) is 82.6 Å². The summed E-state index contributed by atoms with van der Waals surface area (Å²) in [5.41, 5.74) is 11.4. The number of urea groups is 1. The molecule has 3 heterocycles. The number of hydrogen-bond donors (Lipinski definition) is 23. The maximum absolute atomic E-state index is 14.3. The lowest BCUT2D eigenvalue weighted by Crippen LogP contribution is -2.62. The molecule has 0 aliphatic carbocycles. The molecule has 612 valence electrons. The first-order chi connectivity index (χ1) is 51.6. The van der Waals surface area contributed by atoms with E-state index in [1.807, 2.05) is 5.32 Å². The van der Waals surface area contributed by atoms with Gasteiger partial charge < -0.3 is 126 Å². The van der Waals surface area contributed by atoms with E-state index < -0.39 is 215 Å². The summed E-state index contributed by atoms with van der Waals surface area (Å²) in [6.45, 7) is -0.799. The van der Waals surface area contributed by atoms with E-state index in [0.29, 0.717) is 43.5 Å². The summed E-state index contributed by atoms with van der Waals surface area (Å²) < 4.78 is 16.6. The quantitative estimate of drug-likeness (QED) is 0.0164. The molecule has 3 saturated heterocycles. The van der Waals surface area contributed by atoms with Gasteiger partial charge in [-0.15, -0.1) is 0 Å². The van der Waals surface area contributed by atoms with Gasteiger partial charge in [0.1, 0.15) is 72.2 Å². The largest absolute Gasteiger partial charge is 0.508 e. The van der Waals surface area contributed by atoms with Gasteiger partial charge in [-0.2, -0.15) is 23.5 Å². The Kier molecular flexibility index (Phi) is 39.9. The number of amides is 16. The van der Waals surface area contributed by atoms with Gasteiger partial charge in [0, 0.05) is 30.4 Å². The number of carbonyl (C=O) groups excluding carboxylic acids is 15. The lowest BCUT2D eigenvalue weighted by molar-refractivity contribution is -0.143. The highest BCUT2D eigenvalue weighted by Crippen LogP contribution is 2.36. The second-order valence-electron chi connectivity index (χ2n) is 26.6. The fourth-order valence-corrected chi connectivity index (χ4v) is 14.0. The minimum absolute atomic E-state index is 0.0241. The minimum Gasteiger partial charge on any atom is -0.508 e.